The minimum atomic E-state index is -1.28. The highest BCUT2D eigenvalue weighted by Crippen LogP contribution is 2.62. The van der Waals surface area contributed by atoms with Crippen LogP contribution in [0.25, 0.3) is 5.57 Å². The largest absolute Gasteiger partial charge is 0.489 e. The van der Waals surface area contributed by atoms with Crippen LogP contribution < -0.4 is 15.4 Å². The van der Waals surface area contributed by atoms with Crippen LogP contribution in [-0.2, 0) is 11.2 Å². The second-order valence-corrected chi connectivity index (χ2v) is 10.9. The lowest BCUT2D eigenvalue weighted by Crippen LogP contribution is -2.52. The van der Waals surface area contributed by atoms with E-state index in [4.69, 9.17) is 9.37 Å². The summed E-state index contributed by atoms with van der Waals surface area (Å²) in [5.74, 6) is -3.84. The van der Waals surface area contributed by atoms with Crippen LogP contribution >= 0.6 is 0 Å². The van der Waals surface area contributed by atoms with Crippen molar-refractivity contribution in [1.29, 1.82) is 0 Å². The lowest BCUT2D eigenvalue weighted by atomic mass is 9.75. The second kappa shape index (κ2) is 10.2. The van der Waals surface area contributed by atoms with Gasteiger partial charge in [-0.05, 0) is 73.7 Å². The lowest BCUT2D eigenvalue weighted by molar-refractivity contribution is -0.119. The minimum Gasteiger partial charge on any atom is -0.489 e. The van der Waals surface area contributed by atoms with Gasteiger partial charge in [0.2, 0.25) is 5.91 Å². The van der Waals surface area contributed by atoms with Gasteiger partial charge in [-0.15, -0.1) is 0 Å². The molecule has 1 spiro atoms. The van der Waals surface area contributed by atoms with Crippen molar-refractivity contribution >= 4 is 28.8 Å². The first-order chi connectivity index (χ1) is 19.7. The number of rotatable bonds is 7. The van der Waals surface area contributed by atoms with Gasteiger partial charge in [0, 0.05) is 33.9 Å². The van der Waals surface area contributed by atoms with Gasteiger partial charge in [0.25, 0.3) is 5.91 Å². The first-order valence-electron chi connectivity index (χ1n) is 13.6. The molecule has 1 aliphatic carbocycles. The highest BCUT2D eigenvalue weighted by molar-refractivity contribution is 6.25. The summed E-state index contributed by atoms with van der Waals surface area (Å²) in [6, 6.07) is 8.04. The van der Waals surface area contributed by atoms with Gasteiger partial charge in [0.15, 0.2) is 17.3 Å². The molecular formula is C30H29F2N5O4. The normalized spacial score (nSPS) is 19.3. The third kappa shape index (κ3) is 4.68. The van der Waals surface area contributed by atoms with Crippen molar-refractivity contribution < 1.29 is 27.7 Å². The Kier molecular flexibility index (Phi) is 6.67. The van der Waals surface area contributed by atoms with E-state index in [2.05, 4.69) is 25.9 Å². The first kappa shape index (κ1) is 26.8. The van der Waals surface area contributed by atoms with E-state index in [0.29, 0.717) is 37.2 Å². The standard InChI is InChI=1S/C30H29F2N5O4/c1-4-21-25(37-41-36-21)28(38)35-26(24-23-19(31)9-10-20(32)27(23)40-14-30(24)11-12-30)29(39)34-18-7-5-17(6-8-18)22-15(2)13-33-16(22)3/h5-10,24,26H,4,11-14H2,1-3H3,(H,34,39)(H,35,38)/t24?,26-/m0/s1. The van der Waals surface area contributed by atoms with Gasteiger partial charge < -0.3 is 15.4 Å². The smallest absolute Gasteiger partial charge is 0.276 e. The van der Waals surface area contributed by atoms with Crippen molar-refractivity contribution in [3.05, 3.63) is 76.1 Å². The molecule has 9 nitrogen and oxygen atoms in total. The van der Waals surface area contributed by atoms with Crippen molar-refractivity contribution in [1.82, 2.24) is 15.6 Å². The fourth-order valence-corrected chi connectivity index (χ4v) is 5.95. The number of aryl methyl sites for hydroxylation is 1. The molecule has 3 heterocycles. The Balaban J connectivity index is 1.36. The molecule has 2 aromatic carbocycles. The molecule has 41 heavy (non-hydrogen) atoms. The van der Waals surface area contributed by atoms with Gasteiger partial charge >= 0.3 is 0 Å². The Hall–Kier alpha value is -4.41. The monoisotopic (exact) mass is 561 g/mol. The zero-order valence-corrected chi connectivity index (χ0v) is 22.9. The van der Waals surface area contributed by atoms with Crippen molar-refractivity contribution in [3.63, 3.8) is 0 Å². The summed E-state index contributed by atoms with van der Waals surface area (Å²) in [5, 5.41) is 13.1. The first-order valence-corrected chi connectivity index (χ1v) is 13.6. The topological polar surface area (TPSA) is 119 Å². The Morgan fingerprint density at radius 1 is 1.07 bits per heavy atom. The molecule has 212 valence electrons. The van der Waals surface area contributed by atoms with Crippen molar-refractivity contribution in [2.45, 2.75) is 52.0 Å². The molecule has 0 radical (unpaired) electrons. The van der Waals surface area contributed by atoms with Crippen LogP contribution in [0.1, 0.15) is 66.8 Å². The van der Waals surface area contributed by atoms with Gasteiger partial charge in [0.05, 0.1) is 13.2 Å². The number of nitrogens with one attached hydrogen (secondary N) is 2. The van der Waals surface area contributed by atoms with Gasteiger partial charge in [-0.25, -0.2) is 13.4 Å². The highest BCUT2D eigenvalue weighted by Gasteiger charge is 2.59. The number of allylic oxidation sites excluding steroid dienone is 1. The number of amides is 2. The third-order valence-corrected chi connectivity index (χ3v) is 8.25. The van der Waals surface area contributed by atoms with E-state index in [-0.39, 0.29) is 23.6 Å². The Bertz CT molecular complexity index is 1610. The summed E-state index contributed by atoms with van der Waals surface area (Å²) >= 11 is 0. The predicted octanol–water partition coefficient (Wildman–Crippen LogP) is 4.85. The maximum atomic E-state index is 15.4. The van der Waals surface area contributed by atoms with Crippen LogP contribution in [0, 0.1) is 17.0 Å². The van der Waals surface area contributed by atoms with Crippen LogP contribution in [0.3, 0.4) is 0 Å². The number of aliphatic imine (C=N–C) groups is 1. The Morgan fingerprint density at radius 2 is 1.80 bits per heavy atom. The van der Waals surface area contributed by atoms with E-state index in [1.54, 1.807) is 19.1 Å². The predicted molar refractivity (Wildman–Crippen MR) is 147 cm³/mol. The average Bonchev–Trinajstić information content (AvgIpc) is 3.40. The summed E-state index contributed by atoms with van der Waals surface area (Å²) in [4.78, 5) is 31.8. The fraction of sp³-hybridized carbons (Fsp3) is 0.367. The van der Waals surface area contributed by atoms with Gasteiger partial charge in [-0.1, -0.05) is 24.2 Å². The molecule has 1 fully saturated rings. The summed E-state index contributed by atoms with van der Waals surface area (Å²) in [5.41, 5.74) is 4.21. The number of aromatic nitrogens is 2. The number of hydrogen-bond acceptors (Lipinski definition) is 7. The highest BCUT2D eigenvalue weighted by atomic mass is 19.1. The molecule has 1 saturated carbocycles. The molecule has 1 unspecified atom stereocenters. The molecule has 2 atom stereocenters. The molecule has 0 saturated heterocycles. The summed E-state index contributed by atoms with van der Waals surface area (Å²) in [7, 11) is 0. The number of nitrogens with zero attached hydrogens (tertiary/aromatic N) is 3. The zero-order chi connectivity index (χ0) is 28.9. The van der Waals surface area contributed by atoms with Gasteiger partial charge in [-0.2, -0.15) is 0 Å². The molecule has 2 amide bonds. The number of halogens is 2. The number of hydrogen-bond donors (Lipinski definition) is 2. The summed E-state index contributed by atoms with van der Waals surface area (Å²) in [6.07, 6.45) is 1.63. The molecule has 11 heteroatoms. The maximum Gasteiger partial charge on any atom is 0.276 e. The quantitative estimate of drug-likeness (QED) is 0.426. The summed E-state index contributed by atoms with van der Waals surface area (Å²) in [6.45, 7) is 6.54. The van der Waals surface area contributed by atoms with Gasteiger partial charge in [-0.3, -0.25) is 14.6 Å². The molecule has 3 aromatic rings. The van der Waals surface area contributed by atoms with E-state index >= 15 is 4.39 Å². The number of anilines is 1. The molecule has 6 rings (SSSR count). The molecule has 2 aliphatic heterocycles. The van der Waals surface area contributed by atoms with E-state index in [1.807, 2.05) is 26.0 Å². The average molecular weight is 562 g/mol. The second-order valence-electron chi connectivity index (χ2n) is 10.9. The van der Waals surface area contributed by atoms with Crippen LogP contribution in [0.5, 0.6) is 5.75 Å². The number of benzene rings is 2. The fourth-order valence-electron chi connectivity index (χ4n) is 5.95. The van der Waals surface area contributed by atoms with Crippen LogP contribution in [0.2, 0.25) is 0 Å². The van der Waals surface area contributed by atoms with Crippen LogP contribution in [-0.4, -0.2) is 47.0 Å². The van der Waals surface area contributed by atoms with Crippen LogP contribution in [0.15, 0.2) is 51.6 Å². The third-order valence-electron chi connectivity index (χ3n) is 8.25. The maximum absolute atomic E-state index is 15.4. The number of carbonyl (C=O) groups excluding carboxylic acids is 2. The Morgan fingerprint density at radius 3 is 2.46 bits per heavy atom. The summed E-state index contributed by atoms with van der Waals surface area (Å²) < 4.78 is 40.6. The minimum absolute atomic E-state index is 0.0584. The van der Waals surface area contributed by atoms with Crippen molar-refractivity contribution in [3.8, 4) is 5.75 Å². The van der Waals surface area contributed by atoms with E-state index in [9.17, 15) is 14.0 Å². The molecule has 2 N–H and O–H groups in total. The SMILES string of the molecule is CCc1nonc1C(=O)N[C@H](C(=O)Nc1ccc(C2=C(C)CN=C2C)cc1)C1c2c(F)ccc(F)c2OCC12CC2. The van der Waals surface area contributed by atoms with E-state index < -0.39 is 40.8 Å². The Labute approximate surface area is 235 Å². The molecule has 1 aromatic heterocycles. The zero-order valence-electron chi connectivity index (χ0n) is 22.9. The molecule has 3 aliphatic rings. The van der Waals surface area contributed by atoms with Gasteiger partial charge in [0.1, 0.15) is 17.6 Å². The number of fused-ring (bicyclic) bond motifs is 1. The van der Waals surface area contributed by atoms with Crippen LogP contribution in [0.4, 0.5) is 14.5 Å². The molecule has 0 bridgehead atoms. The van der Waals surface area contributed by atoms with E-state index in [0.717, 1.165) is 34.6 Å². The number of ether oxygens (including phenoxy) is 1. The lowest BCUT2D eigenvalue weighted by Gasteiger charge is -2.38. The molecular weight excluding hydrogens is 532 g/mol. The number of carbonyl (C=O) groups is 2. The van der Waals surface area contributed by atoms with E-state index in [1.165, 1.54) is 0 Å². The van der Waals surface area contributed by atoms with Crippen molar-refractivity contribution in [2.24, 2.45) is 10.4 Å². The van der Waals surface area contributed by atoms with Crippen molar-refractivity contribution in [2.75, 3.05) is 18.5 Å².